The first-order valence-corrected chi connectivity index (χ1v) is 9.67. The molecule has 2 N–H and O–H groups in total. The van der Waals surface area contributed by atoms with Gasteiger partial charge in [-0.25, -0.2) is 13.2 Å². The van der Waals surface area contributed by atoms with Crippen LogP contribution in [-0.2, 0) is 6.67 Å². The Morgan fingerprint density at radius 2 is 1.97 bits per heavy atom. The van der Waals surface area contributed by atoms with E-state index in [2.05, 4.69) is 12.2 Å². The minimum atomic E-state index is -1.04. The van der Waals surface area contributed by atoms with Gasteiger partial charge in [0.1, 0.15) is 6.67 Å². The Balaban J connectivity index is 1.88. The van der Waals surface area contributed by atoms with E-state index in [0.29, 0.717) is 36.7 Å². The molecule has 1 saturated heterocycles. The number of alkyl halides is 1. The molecule has 7 heteroatoms. The average Bonchev–Trinajstić information content (AvgIpc) is 2.86. The number of benzene rings is 2. The number of amides is 1. The zero-order chi connectivity index (χ0) is 21.1. The summed E-state index contributed by atoms with van der Waals surface area (Å²) in [5, 5.41) is 12.7. The van der Waals surface area contributed by atoms with Gasteiger partial charge in [0, 0.05) is 41.7 Å². The standard InChI is InChI=1S/C22H25F3N2O2/c1-13-3-6-18(28)12-27(11-13)20-8-15(4-5-16(20)10-23)22(29)26-17-7-14(2)21(25)19(24)9-17/h4-5,7-9,13,18,28H,3,6,10-12H2,1-2H3,(H,26,29). The van der Waals surface area contributed by atoms with Gasteiger partial charge < -0.3 is 15.3 Å². The Kier molecular flexibility index (Phi) is 6.47. The van der Waals surface area contributed by atoms with Gasteiger partial charge in [0.05, 0.1) is 6.10 Å². The zero-order valence-corrected chi connectivity index (χ0v) is 16.5. The van der Waals surface area contributed by atoms with Gasteiger partial charge in [-0.3, -0.25) is 4.79 Å². The SMILES string of the molecule is Cc1cc(NC(=O)c2ccc(CF)c(N3CC(C)CCC(O)C3)c2)cc(F)c1F. The summed E-state index contributed by atoms with van der Waals surface area (Å²) in [7, 11) is 0. The van der Waals surface area contributed by atoms with Crippen LogP contribution in [0.15, 0.2) is 30.3 Å². The largest absolute Gasteiger partial charge is 0.391 e. The van der Waals surface area contributed by atoms with E-state index in [1.807, 2.05) is 4.90 Å². The Bertz CT molecular complexity index is 869. The molecule has 0 saturated carbocycles. The molecule has 156 valence electrons. The third-order valence-electron chi connectivity index (χ3n) is 5.26. The topological polar surface area (TPSA) is 52.6 Å². The highest BCUT2D eigenvalue weighted by Crippen LogP contribution is 2.28. The molecule has 0 aromatic heterocycles. The average molecular weight is 406 g/mol. The minimum Gasteiger partial charge on any atom is -0.391 e. The van der Waals surface area contributed by atoms with Crippen LogP contribution in [0.25, 0.3) is 0 Å². The van der Waals surface area contributed by atoms with Crippen molar-refractivity contribution in [2.75, 3.05) is 23.3 Å². The van der Waals surface area contributed by atoms with Crippen LogP contribution in [0.4, 0.5) is 24.5 Å². The Hall–Kier alpha value is -2.54. The Morgan fingerprint density at radius 1 is 1.21 bits per heavy atom. The number of rotatable bonds is 4. The quantitative estimate of drug-likeness (QED) is 0.781. The molecular weight excluding hydrogens is 381 g/mol. The maximum atomic E-state index is 13.6. The summed E-state index contributed by atoms with van der Waals surface area (Å²) in [5.41, 5.74) is 1.49. The second-order valence-corrected chi connectivity index (χ2v) is 7.76. The lowest BCUT2D eigenvalue weighted by Crippen LogP contribution is -2.33. The third-order valence-corrected chi connectivity index (χ3v) is 5.26. The number of aryl methyl sites for hydroxylation is 1. The lowest BCUT2D eigenvalue weighted by Gasteiger charge is -2.28. The fraction of sp³-hybridized carbons (Fsp3) is 0.409. The minimum absolute atomic E-state index is 0.0845. The highest BCUT2D eigenvalue weighted by atomic mass is 19.2. The second-order valence-electron chi connectivity index (χ2n) is 7.76. The zero-order valence-electron chi connectivity index (χ0n) is 16.5. The van der Waals surface area contributed by atoms with Crippen LogP contribution in [0.2, 0.25) is 0 Å². The lowest BCUT2D eigenvalue weighted by molar-refractivity contribution is 0.102. The van der Waals surface area contributed by atoms with Crippen molar-refractivity contribution in [2.24, 2.45) is 5.92 Å². The van der Waals surface area contributed by atoms with E-state index in [4.69, 9.17) is 0 Å². The number of nitrogens with zero attached hydrogens (tertiary/aromatic N) is 1. The molecule has 4 nitrogen and oxygen atoms in total. The predicted octanol–water partition coefficient (Wildman–Crippen LogP) is 4.59. The van der Waals surface area contributed by atoms with Crippen molar-refractivity contribution >= 4 is 17.3 Å². The third kappa shape index (κ3) is 4.90. The summed E-state index contributed by atoms with van der Waals surface area (Å²) in [4.78, 5) is 14.6. The number of carbonyl (C=O) groups is 1. The molecule has 1 aliphatic heterocycles. The highest BCUT2D eigenvalue weighted by Gasteiger charge is 2.23. The van der Waals surface area contributed by atoms with E-state index in [0.717, 1.165) is 12.5 Å². The van der Waals surface area contributed by atoms with Crippen LogP contribution in [0.5, 0.6) is 0 Å². The van der Waals surface area contributed by atoms with Crippen molar-refractivity contribution in [1.29, 1.82) is 0 Å². The van der Waals surface area contributed by atoms with Crippen molar-refractivity contribution in [3.8, 4) is 0 Å². The number of β-amino-alcohol motifs (C(OH)–C–C–N with tert-alkyl or cyclic N) is 1. The fourth-order valence-corrected chi connectivity index (χ4v) is 3.68. The van der Waals surface area contributed by atoms with E-state index in [1.165, 1.54) is 19.1 Å². The van der Waals surface area contributed by atoms with Crippen molar-refractivity contribution in [3.63, 3.8) is 0 Å². The van der Waals surface area contributed by atoms with E-state index in [1.54, 1.807) is 12.1 Å². The monoisotopic (exact) mass is 406 g/mol. The molecular formula is C22H25F3N2O2. The van der Waals surface area contributed by atoms with Gasteiger partial charge in [-0.2, -0.15) is 0 Å². The lowest BCUT2D eigenvalue weighted by atomic mass is 10.0. The van der Waals surface area contributed by atoms with Crippen molar-refractivity contribution in [2.45, 2.75) is 39.5 Å². The molecule has 2 atom stereocenters. The number of aliphatic hydroxyl groups is 1. The Morgan fingerprint density at radius 3 is 2.66 bits per heavy atom. The number of halogens is 3. The fourth-order valence-electron chi connectivity index (χ4n) is 3.68. The van der Waals surface area contributed by atoms with Crippen LogP contribution < -0.4 is 10.2 Å². The molecule has 0 spiro atoms. The van der Waals surface area contributed by atoms with Gasteiger partial charge in [0.2, 0.25) is 0 Å². The number of hydrogen-bond acceptors (Lipinski definition) is 3. The van der Waals surface area contributed by atoms with Crippen LogP contribution >= 0.6 is 0 Å². The number of nitrogens with one attached hydrogen (secondary N) is 1. The first-order chi connectivity index (χ1) is 13.8. The summed E-state index contributed by atoms with van der Waals surface area (Å²) in [6.45, 7) is 3.80. The number of hydrogen-bond donors (Lipinski definition) is 2. The molecule has 2 aromatic rings. The smallest absolute Gasteiger partial charge is 0.255 e. The van der Waals surface area contributed by atoms with Crippen molar-refractivity contribution in [1.82, 2.24) is 0 Å². The molecule has 0 bridgehead atoms. The molecule has 1 fully saturated rings. The highest BCUT2D eigenvalue weighted by molar-refractivity contribution is 6.05. The second kappa shape index (κ2) is 8.86. The molecule has 1 heterocycles. The number of carbonyl (C=O) groups excluding carboxylic acids is 1. The van der Waals surface area contributed by atoms with Crippen LogP contribution in [0.1, 0.15) is 41.3 Å². The van der Waals surface area contributed by atoms with Crippen LogP contribution in [-0.4, -0.2) is 30.2 Å². The molecule has 1 amide bonds. The summed E-state index contributed by atoms with van der Waals surface area (Å²) < 4.78 is 40.6. The van der Waals surface area contributed by atoms with Crippen molar-refractivity contribution < 1.29 is 23.1 Å². The summed E-state index contributed by atoms with van der Waals surface area (Å²) in [6.07, 6.45) is 1.03. The summed E-state index contributed by atoms with van der Waals surface area (Å²) in [6, 6.07) is 6.90. The van der Waals surface area contributed by atoms with E-state index < -0.39 is 30.3 Å². The molecule has 2 unspecified atom stereocenters. The van der Waals surface area contributed by atoms with Gasteiger partial charge in [-0.1, -0.05) is 13.0 Å². The summed E-state index contributed by atoms with van der Waals surface area (Å²) >= 11 is 0. The van der Waals surface area contributed by atoms with Crippen LogP contribution in [0, 0.1) is 24.5 Å². The van der Waals surface area contributed by atoms with E-state index in [9.17, 15) is 23.1 Å². The normalized spacial score (nSPS) is 19.7. The van der Waals surface area contributed by atoms with Crippen molar-refractivity contribution in [3.05, 3.63) is 58.7 Å². The maximum absolute atomic E-state index is 13.6. The molecule has 29 heavy (non-hydrogen) atoms. The number of aliphatic hydroxyl groups excluding tert-OH is 1. The molecule has 0 aliphatic carbocycles. The van der Waals surface area contributed by atoms with E-state index in [-0.39, 0.29) is 16.8 Å². The molecule has 3 rings (SSSR count). The molecule has 2 aromatic carbocycles. The van der Waals surface area contributed by atoms with Gasteiger partial charge in [-0.05, 0) is 49.4 Å². The first kappa shape index (κ1) is 21.2. The van der Waals surface area contributed by atoms with Crippen LogP contribution in [0.3, 0.4) is 0 Å². The predicted molar refractivity (Wildman–Crippen MR) is 107 cm³/mol. The molecule has 1 aliphatic rings. The van der Waals surface area contributed by atoms with Gasteiger partial charge in [0.15, 0.2) is 11.6 Å². The maximum Gasteiger partial charge on any atom is 0.255 e. The number of anilines is 2. The van der Waals surface area contributed by atoms with Gasteiger partial charge in [-0.15, -0.1) is 0 Å². The van der Waals surface area contributed by atoms with Gasteiger partial charge >= 0.3 is 0 Å². The first-order valence-electron chi connectivity index (χ1n) is 9.67. The van der Waals surface area contributed by atoms with E-state index >= 15 is 0 Å². The Labute approximate surface area is 168 Å². The van der Waals surface area contributed by atoms with Gasteiger partial charge in [0.25, 0.3) is 5.91 Å². The molecule has 0 radical (unpaired) electrons. The summed E-state index contributed by atoms with van der Waals surface area (Å²) in [5.74, 6) is -2.18.